The maximum atomic E-state index is 12.2. The second kappa shape index (κ2) is 9.06. The van der Waals surface area contributed by atoms with Gasteiger partial charge in [0.1, 0.15) is 11.4 Å². The highest BCUT2D eigenvalue weighted by molar-refractivity contribution is 5.77. The molecule has 0 radical (unpaired) electrons. The summed E-state index contributed by atoms with van der Waals surface area (Å²) in [5, 5.41) is 2.90. The molecule has 0 spiro atoms. The zero-order valence-electron chi connectivity index (χ0n) is 16.1. The fourth-order valence-electron chi connectivity index (χ4n) is 3.24. The van der Waals surface area contributed by atoms with Gasteiger partial charge < -0.3 is 14.5 Å². The van der Waals surface area contributed by atoms with Crippen molar-refractivity contribution in [1.82, 2.24) is 14.7 Å². The van der Waals surface area contributed by atoms with Crippen LogP contribution < -0.4 is 10.1 Å². The van der Waals surface area contributed by atoms with Gasteiger partial charge in [0.2, 0.25) is 0 Å². The molecule has 5 nitrogen and oxygen atoms in total. The van der Waals surface area contributed by atoms with E-state index >= 15 is 0 Å². The predicted molar refractivity (Wildman–Crippen MR) is 113 cm³/mol. The van der Waals surface area contributed by atoms with Crippen LogP contribution in [-0.2, 0) is 17.6 Å². The lowest BCUT2D eigenvalue weighted by molar-refractivity contribution is -0.123. The molecule has 5 heteroatoms. The Balaban J connectivity index is 1.27. The van der Waals surface area contributed by atoms with Crippen molar-refractivity contribution < 1.29 is 9.53 Å². The van der Waals surface area contributed by atoms with E-state index < -0.39 is 0 Å². The second-order valence-electron chi connectivity index (χ2n) is 6.86. The van der Waals surface area contributed by atoms with Crippen molar-refractivity contribution >= 4 is 11.6 Å². The number of hydrogen-bond donors (Lipinski definition) is 1. The molecule has 4 aromatic rings. The number of carbonyl (C=O) groups is 1. The van der Waals surface area contributed by atoms with Gasteiger partial charge in [-0.1, -0.05) is 54.6 Å². The van der Waals surface area contributed by atoms with Gasteiger partial charge in [-0.3, -0.25) is 4.79 Å². The average molecular weight is 385 g/mol. The van der Waals surface area contributed by atoms with Crippen LogP contribution in [0.5, 0.6) is 5.75 Å². The highest BCUT2D eigenvalue weighted by atomic mass is 16.5. The molecule has 0 unspecified atom stereocenters. The molecule has 2 heterocycles. The summed E-state index contributed by atoms with van der Waals surface area (Å²) in [5.41, 5.74) is 4.13. The topological polar surface area (TPSA) is 55.6 Å². The van der Waals surface area contributed by atoms with Gasteiger partial charge in [0.15, 0.2) is 6.61 Å². The number of nitrogens with zero attached hydrogens (tertiary/aromatic N) is 2. The molecule has 2 aromatic carbocycles. The number of amides is 1. The Morgan fingerprint density at radius 3 is 2.62 bits per heavy atom. The van der Waals surface area contributed by atoms with Gasteiger partial charge in [0.05, 0.1) is 5.69 Å². The first-order valence-electron chi connectivity index (χ1n) is 9.72. The molecular weight excluding hydrogens is 362 g/mol. The first kappa shape index (κ1) is 18.7. The van der Waals surface area contributed by atoms with Gasteiger partial charge in [0.25, 0.3) is 5.91 Å². The van der Waals surface area contributed by atoms with Gasteiger partial charge in [-0.15, -0.1) is 0 Å². The summed E-state index contributed by atoms with van der Waals surface area (Å²) in [4.78, 5) is 16.7. The maximum absolute atomic E-state index is 12.2. The van der Waals surface area contributed by atoms with Crippen LogP contribution in [0.4, 0.5) is 0 Å². The third-order valence-electron chi connectivity index (χ3n) is 4.69. The Morgan fingerprint density at radius 1 is 0.966 bits per heavy atom. The van der Waals surface area contributed by atoms with Gasteiger partial charge in [-0.25, -0.2) is 4.98 Å². The standard InChI is InChI=1S/C24H23N3O2/c28-24(25-14-13-21-17-27-15-7-6-12-23(27)26-21)18-29-22-11-5-4-10-20(22)16-19-8-2-1-3-9-19/h1-12,15,17H,13-14,16,18H2,(H,25,28). The van der Waals surface area contributed by atoms with Crippen molar-refractivity contribution in [2.75, 3.05) is 13.2 Å². The van der Waals surface area contributed by atoms with E-state index in [0.717, 1.165) is 29.1 Å². The number of aromatic nitrogens is 2. The van der Waals surface area contributed by atoms with Crippen LogP contribution in [0.2, 0.25) is 0 Å². The molecule has 0 aliphatic carbocycles. The van der Waals surface area contributed by atoms with Gasteiger partial charge in [-0.2, -0.15) is 0 Å². The normalized spacial score (nSPS) is 10.8. The molecule has 1 N–H and O–H groups in total. The summed E-state index contributed by atoms with van der Waals surface area (Å²) < 4.78 is 7.77. The van der Waals surface area contributed by atoms with Crippen LogP contribution in [0, 0.1) is 0 Å². The van der Waals surface area contributed by atoms with Crippen LogP contribution in [0.25, 0.3) is 5.65 Å². The predicted octanol–water partition coefficient (Wildman–Crippen LogP) is 3.66. The number of carbonyl (C=O) groups excluding carboxylic acids is 1. The van der Waals surface area contributed by atoms with E-state index in [2.05, 4.69) is 22.4 Å². The number of imidazole rings is 1. The van der Waals surface area contributed by atoms with Crippen molar-refractivity contribution in [2.45, 2.75) is 12.8 Å². The zero-order valence-corrected chi connectivity index (χ0v) is 16.1. The molecule has 0 atom stereocenters. The molecule has 0 bridgehead atoms. The molecule has 4 rings (SSSR count). The van der Waals surface area contributed by atoms with E-state index in [4.69, 9.17) is 4.74 Å². The Bertz CT molecular complexity index is 1060. The van der Waals surface area contributed by atoms with Crippen molar-refractivity contribution in [1.29, 1.82) is 0 Å². The Morgan fingerprint density at radius 2 is 1.76 bits per heavy atom. The van der Waals surface area contributed by atoms with Crippen molar-refractivity contribution in [3.05, 3.63) is 102 Å². The van der Waals surface area contributed by atoms with Crippen LogP contribution in [-0.4, -0.2) is 28.4 Å². The number of benzene rings is 2. The summed E-state index contributed by atoms with van der Waals surface area (Å²) in [6, 6.07) is 24.0. The first-order valence-corrected chi connectivity index (χ1v) is 9.72. The van der Waals surface area contributed by atoms with E-state index in [1.54, 1.807) is 0 Å². The van der Waals surface area contributed by atoms with E-state index in [1.165, 1.54) is 5.56 Å². The Labute approximate surface area is 170 Å². The maximum Gasteiger partial charge on any atom is 0.257 e. The third kappa shape index (κ3) is 5.02. The molecule has 0 aliphatic heterocycles. The zero-order chi connectivity index (χ0) is 19.9. The highest BCUT2D eigenvalue weighted by Gasteiger charge is 2.08. The molecular formula is C24H23N3O2. The number of para-hydroxylation sites is 1. The van der Waals surface area contributed by atoms with E-state index in [0.29, 0.717) is 13.0 Å². The van der Waals surface area contributed by atoms with E-state index in [-0.39, 0.29) is 12.5 Å². The van der Waals surface area contributed by atoms with Crippen LogP contribution in [0.3, 0.4) is 0 Å². The summed E-state index contributed by atoms with van der Waals surface area (Å²) in [7, 11) is 0. The van der Waals surface area contributed by atoms with Crippen molar-refractivity contribution in [3.63, 3.8) is 0 Å². The molecule has 146 valence electrons. The van der Waals surface area contributed by atoms with Gasteiger partial charge in [0, 0.05) is 31.8 Å². The van der Waals surface area contributed by atoms with E-state index in [9.17, 15) is 4.79 Å². The minimum Gasteiger partial charge on any atom is -0.483 e. The third-order valence-corrected chi connectivity index (χ3v) is 4.69. The number of fused-ring (bicyclic) bond motifs is 1. The molecule has 1 amide bonds. The molecule has 29 heavy (non-hydrogen) atoms. The number of nitrogens with one attached hydrogen (secondary N) is 1. The number of rotatable bonds is 8. The summed E-state index contributed by atoms with van der Waals surface area (Å²) >= 11 is 0. The summed E-state index contributed by atoms with van der Waals surface area (Å²) in [6.07, 6.45) is 5.40. The monoisotopic (exact) mass is 385 g/mol. The van der Waals surface area contributed by atoms with Crippen molar-refractivity contribution in [3.8, 4) is 5.75 Å². The summed E-state index contributed by atoms with van der Waals surface area (Å²) in [6.45, 7) is 0.523. The Hall–Kier alpha value is -3.60. The lowest BCUT2D eigenvalue weighted by Crippen LogP contribution is -2.30. The first-order chi connectivity index (χ1) is 14.3. The minimum absolute atomic E-state index is 0.00301. The molecule has 0 saturated carbocycles. The van der Waals surface area contributed by atoms with Crippen LogP contribution in [0.15, 0.2) is 85.2 Å². The SMILES string of the molecule is O=C(COc1ccccc1Cc1ccccc1)NCCc1cn2ccccc2n1. The average Bonchev–Trinajstić information content (AvgIpc) is 3.17. The van der Waals surface area contributed by atoms with Crippen LogP contribution >= 0.6 is 0 Å². The second-order valence-corrected chi connectivity index (χ2v) is 6.86. The Kier molecular flexibility index (Phi) is 5.86. The number of ether oxygens (including phenoxy) is 1. The molecule has 0 fully saturated rings. The molecule has 2 aromatic heterocycles. The summed E-state index contributed by atoms with van der Waals surface area (Å²) in [5.74, 6) is 0.607. The van der Waals surface area contributed by atoms with Gasteiger partial charge in [-0.05, 0) is 29.3 Å². The molecule has 0 aliphatic rings. The minimum atomic E-state index is -0.136. The van der Waals surface area contributed by atoms with Crippen LogP contribution in [0.1, 0.15) is 16.8 Å². The fourth-order valence-corrected chi connectivity index (χ4v) is 3.24. The largest absolute Gasteiger partial charge is 0.483 e. The smallest absolute Gasteiger partial charge is 0.257 e. The fraction of sp³-hybridized carbons (Fsp3) is 0.167. The quantitative estimate of drug-likeness (QED) is 0.504. The lowest BCUT2D eigenvalue weighted by Gasteiger charge is -2.11. The molecule has 0 saturated heterocycles. The van der Waals surface area contributed by atoms with Gasteiger partial charge >= 0.3 is 0 Å². The number of pyridine rings is 1. The lowest BCUT2D eigenvalue weighted by atomic mass is 10.0. The highest BCUT2D eigenvalue weighted by Crippen LogP contribution is 2.21. The number of hydrogen-bond acceptors (Lipinski definition) is 3. The van der Waals surface area contributed by atoms with Crippen molar-refractivity contribution in [2.24, 2.45) is 0 Å². The van der Waals surface area contributed by atoms with E-state index in [1.807, 2.05) is 77.5 Å².